The van der Waals surface area contributed by atoms with Crippen molar-refractivity contribution < 1.29 is 24.2 Å². The molecular weight excluding hydrogens is 458 g/mol. The molecule has 36 heavy (non-hydrogen) atoms. The lowest BCUT2D eigenvalue weighted by molar-refractivity contribution is -0.148. The van der Waals surface area contributed by atoms with E-state index in [1.54, 1.807) is 6.92 Å². The van der Waals surface area contributed by atoms with Crippen molar-refractivity contribution >= 4 is 34.2 Å². The lowest BCUT2D eigenvalue weighted by Crippen LogP contribution is -2.55. The number of nitrogens with zero attached hydrogens (tertiary/aromatic N) is 1. The van der Waals surface area contributed by atoms with Crippen molar-refractivity contribution in [2.45, 2.75) is 69.7 Å². The zero-order chi connectivity index (χ0) is 25.7. The van der Waals surface area contributed by atoms with Gasteiger partial charge in [0.05, 0.1) is 30.1 Å². The highest BCUT2D eigenvalue weighted by atomic mass is 16.5. The maximum Gasteiger partial charge on any atom is 0.250 e. The Morgan fingerprint density at radius 2 is 1.89 bits per heavy atom. The van der Waals surface area contributed by atoms with Crippen LogP contribution < -0.4 is 10.6 Å². The standard InChI is InChI=1S/C28H35N3O5/c1-4-14-29-24(33)21-22-26(35)31(17(3)16-32)23(28(22)13-12-27(21,5-2)36-28)25(34)30-20-11-10-18-8-6-7-9-19(18)15-20/h6-11,15,17,21-23,32H,4-5,12-14,16H2,1-3H3,(H,29,33)(H,30,34)/t17-,21+,22+,23?,27-,28?/m1/s1. The van der Waals surface area contributed by atoms with Crippen molar-refractivity contribution in [1.82, 2.24) is 10.2 Å². The SMILES string of the molecule is CCCNC(=O)[C@@H]1[C@H]2C(=O)N([C@H](C)CO)C(C(=O)Nc3ccc4ccccc4c3)C23CC[C@@]1(CC)O3. The summed E-state index contributed by atoms with van der Waals surface area (Å²) in [6, 6.07) is 12.0. The van der Waals surface area contributed by atoms with Crippen molar-refractivity contribution in [3.63, 3.8) is 0 Å². The second-order valence-electron chi connectivity index (χ2n) is 10.5. The average molecular weight is 494 g/mol. The predicted molar refractivity (Wildman–Crippen MR) is 136 cm³/mol. The number of rotatable bonds is 8. The molecule has 3 amide bonds. The van der Waals surface area contributed by atoms with E-state index in [1.165, 1.54) is 4.90 Å². The van der Waals surface area contributed by atoms with Gasteiger partial charge in [0.2, 0.25) is 17.7 Å². The number of ether oxygens (including phenoxy) is 1. The van der Waals surface area contributed by atoms with Crippen molar-refractivity contribution in [3.05, 3.63) is 42.5 Å². The summed E-state index contributed by atoms with van der Waals surface area (Å²) in [4.78, 5) is 42.7. The van der Waals surface area contributed by atoms with Crippen LogP contribution in [0.2, 0.25) is 0 Å². The molecule has 8 heteroatoms. The Morgan fingerprint density at radius 3 is 2.58 bits per heavy atom. The van der Waals surface area contributed by atoms with Gasteiger partial charge in [0.15, 0.2) is 0 Å². The molecular formula is C28H35N3O5. The Labute approximate surface area is 211 Å². The van der Waals surface area contributed by atoms with E-state index in [0.717, 1.165) is 17.2 Å². The molecule has 5 rings (SSSR count). The molecule has 3 aliphatic heterocycles. The highest BCUT2D eigenvalue weighted by molar-refractivity contribution is 6.04. The number of hydrogen-bond acceptors (Lipinski definition) is 5. The Bertz CT molecular complexity index is 1200. The molecule has 3 heterocycles. The monoisotopic (exact) mass is 493 g/mol. The number of benzene rings is 2. The Hall–Kier alpha value is -2.97. The minimum absolute atomic E-state index is 0.189. The van der Waals surface area contributed by atoms with Gasteiger partial charge in [-0.1, -0.05) is 44.2 Å². The van der Waals surface area contributed by atoms with Gasteiger partial charge in [-0.2, -0.15) is 0 Å². The van der Waals surface area contributed by atoms with E-state index in [0.29, 0.717) is 31.5 Å². The smallest absolute Gasteiger partial charge is 0.250 e. The van der Waals surface area contributed by atoms with E-state index < -0.39 is 35.1 Å². The van der Waals surface area contributed by atoms with Crippen LogP contribution >= 0.6 is 0 Å². The van der Waals surface area contributed by atoms with Gasteiger partial charge in [0, 0.05) is 12.2 Å². The fourth-order valence-corrected chi connectivity index (χ4v) is 6.75. The second kappa shape index (κ2) is 9.16. The number of nitrogens with one attached hydrogen (secondary N) is 2. The van der Waals surface area contributed by atoms with Crippen LogP contribution in [0.1, 0.15) is 46.5 Å². The molecule has 8 nitrogen and oxygen atoms in total. The molecule has 0 saturated carbocycles. The van der Waals surface area contributed by atoms with Crippen LogP contribution in [0.3, 0.4) is 0 Å². The largest absolute Gasteiger partial charge is 0.394 e. The Kier molecular flexibility index (Phi) is 6.29. The molecule has 0 aromatic heterocycles. The summed E-state index contributed by atoms with van der Waals surface area (Å²) in [5.74, 6) is -2.26. The van der Waals surface area contributed by atoms with E-state index in [-0.39, 0.29) is 24.3 Å². The summed E-state index contributed by atoms with van der Waals surface area (Å²) < 4.78 is 6.71. The van der Waals surface area contributed by atoms with Crippen molar-refractivity contribution in [1.29, 1.82) is 0 Å². The summed E-state index contributed by atoms with van der Waals surface area (Å²) in [7, 11) is 0. The number of fused-ring (bicyclic) bond motifs is 2. The summed E-state index contributed by atoms with van der Waals surface area (Å²) >= 11 is 0. The van der Waals surface area contributed by atoms with Crippen LogP contribution in [0.4, 0.5) is 5.69 Å². The fraction of sp³-hybridized carbons (Fsp3) is 0.536. The molecule has 6 atom stereocenters. The first kappa shape index (κ1) is 24.7. The maximum atomic E-state index is 13.9. The first-order valence-corrected chi connectivity index (χ1v) is 13.0. The predicted octanol–water partition coefficient (Wildman–Crippen LogP) is 2.84. The number of aliphatic hydroxyl groups is 1. The third-order valence-electron chi connectivity index (χ3n) is 8.45. The summed E-state index contributed by atoms with van der Waals surface area (Å²) in [6.45, 7) is 5.90. The van der Waals surface area contributed by atoms with Gasteiger partial charge < -0.3 is 25.4 Å². The van der Waals surface area contributed by atoms with E-state index in [9.17, 15) is 19.5 Å². The minimum atomic E-state index is -1.11. The van der Waals surface area contributed by atoms with Crippen LogP contribution in [0.25, 0.3) is 10.8 Å². The van der Waals surface area contributed by atoms with Gasteiger partial charge in [0.1, 0.15) is 11.6 Å². The normalized spacial score (nSPS) is 31.5. The third kappa shape index (κ3) is 3.53. The molecule has 0 radical (unpaired) electrons. The number of aliphatic hydroxyl groups excluding tert-OH is 1. The van der Waals surface area contributed by atoms with E-state index in [1.807, 2.05) is 56.3 Å². The lowest BCUT2D eigenvalue weighted by Gasteiger charge is -2.36. The molecule has 3 fully saturated rings. The molecule has 3 saturated heterocycles. The molecule has 2 bridgehead atoms. The zero-order valence-electron chi connectivity index (χ0n) is 21.1. The van der Waals surface area contributed by atoms with Crippen molar-refractivity contribution in [3.8, 4) is 0 Å². The zero-order valence-corrected chi connectivity index (χ0v) is 21.1. The van der Waals surface area contributed by atoms with Crippen LogP contribution in [-0.4, -0.2) is 64.2 Å². The third-order valence-corrected chi connectivity index (χ3v) is 8.45. The number of hydrogen-bond donors (Lipinski definition) is 3. The Morgan fingerprint density at radius 1 is 1.14 bits per heavy atom. The summed E-state index contributed by atoms with van der Waals surface area (Å²) in [5.41, 5.74) is -1.25. The van der Waals surface area contributed by atoms with Crippen molar-refractivity contribution in [2.75, 3.05) is 18.5 Å². The number of carbonyl (C=O) groups excluding carboxylic acids is 3. The topological polar surface area (TPSA) is 108 Å². The van der Waals surface area contributed by atoms with Crippen LogP contribution in [0.15, 0.2) is 42.5 Å². The molecule has 1 spiro atoms. The van der Waals surface area contributed by atoms with Gasteiger partial charge in [-0.3, -0.25) is 14.4 Å². The summed E-state index contributed by atoms with van der Waals surface area (Å²) in [6.07, 6.45) is 2.49. The van der Waals surface area contributed by atoms with Crippen LogP contribution in [-0.2, 0) is 19.1 Å². The van der Waals surface area contributed by atoms with Gasteiger partial charge >= 0.3 is 0 Å². The number of likely N-dealkylation sites (tertiary alicyclic amines) is 1. The molecule has 192 valence electrons. The van der Waals surface area contributed by atoms with Gasteiger partial charge in [0.25, 0.3) is 0 Å². The van der Waals surface area contributed by atoms with E-state index >= 15 is 0 Å². The van der Waals surface area contributed by atoms with Crippen LogP contribution in [0.5, 0.6) is 0 Å². The molecule has 3 aliphatic rings. The molecule has 3 N–H and O–H groups in total. The first-order chi connectivity index (χ1) is 17.3. The second-order valence-corrected chi connectivity index (χ2v) is 10.5. The van der Waals surface area contributed by atoms with Gasteiger partial charge in [-0.25, -0.2) is 0 Å². The maximum absolute atomic E-state index is 13.9. The highest BCUT2D eigenvalue weighted by Crippen LogP contribution is 2.64. The Balaban J connectivity index is 1.53. The molecule has 2 aromatic rings. The summed E-state index contributed by atoms with van der Waals surface area (Å²) in [5, 5.41) is 18.0. The molecule has 0 aliphatic carbocycles. The number of carbonyl (C=O) groups is 3. The van der Waals surface area contributed by atoms with Crippen molar-refractivity contribution in [2.24, 2.45) is 11.8 Å². The minimum Gasteiger partial charge on any atom is -0.394 e. The number of anilines is 1. The lowest BCUT2D eigenvalue weighted by atomic mass is 9.65. The number of amides is 3. The fourth-order valence-electron chi connectivity index (χ4n) is 6.75. The highest BCUT2D eigenvalue weighted by Gasteiger charge is 2.78. The average Bonchev–Trinajstić information content (AvgIpc) is 3.50. The van der Waals surface area contributed by atoms with Gasteiger partial charge in [-0.05, 0) is 55.5 Å². The van der Waals surface area contributed by atoms with Gasteiger partial charge in [-0.15, -0.1) is 0 Å². The molecule has 2 unspecified atom stereocenters. The van der Waals surface area contributed by atoms with E-state index in [4.69, 9.17) is 4.74 Å². The van der Waals surface area contributed by atoms with Crippen LogP contribution in [0, 0.1) is 11.8 Å². The first-order valence-electron chi connectivity index (χ1n) is 13.0. The quantitative estimate of drug-likeness (QED) is 0.524. The molecule has 2 aromatic carbocycles. The van der Waals surface area contributed by atoms with E-state index in [2.05, 4.69) is 10.6 Å².